The first-order valence-electron chi connectivity index (χ1n) is 7.25. The molecule has 0 bridgehead atoms. The zero-order valence-corrected chi connectivity index (χ0v) is 12.3. The Morgan fingerprint density at radius 2 is 2.05 bits per heavy atom. The number of aliphatic hydroxyl groups is 1. The zero-order valence-electron chi connectivity index (χ0n) is 12.3. The third kappa shape index (κ3) is 3.38. The van der Waals surface area contributed by atoms with E-state index in [9.17, 15) is 9.90 Å². The molecule has 1 aromatic carbocycles. The number of hydrogen-bond donors (Lipinski definition) is 2. The molecule has 2 N–H and O–H groups in total. The van der Waals surface area contributed by atoms with Crippen LogP contribution in [-0.2, 0) is 4.79 Å². The van der Waals surface area contributed by atoms with Crippen LogP contribution in [0.1, 0.15) is 31.4 Å². The van der Waals surface area contributed by atoms with Gasteiger partial charge < -0.3 is 10.4 Å². The van der Waals surface area contributed by atoms with Crippen LogP contribution in [0.3, 0.4) is 0 Å². The van der Waals surface area contributed by atoms with Crippen molar-refractivity contribution < 1.29 is 9.90 Å². The van der Waals surface area contributed by atoms with Crippen LogP contribution in [0.5, 0.6) is 0 Å². The Kier molecular flexibility index (Phi) is 4.78. The highest BCUT2D eigenvalue weighted by Crippen LogP contribution is 2.44. The summed E-state index contributed by atoms with van der Waals surface area (Å²) in [5.41, 5.74) is 0.949. The van der Waals surface area contributed by atoms with Gasteiger partial charge in [0.15, 0.2) is 0 Å². The van der Waals surface area contributed by atoms with E-state index >= 15 is 0 Å². The molecule has 0 aliphatic heterocycles. The number of carbonyl (C=O) groups is 1. The topological polar surface area (TPSA) is 52.6 Å². The molecule has 0 spiro atoms. The molecule has 0 aromatic heterocycles. The predicted molar refractivity (Wildman–Crippen MR) is 79.2 cm³/mol. The van der Waals surface area contributed by atoms with Gasteiger partial charge in [0.2, 0.25) is 5.91 Å². The normalized spacial score (nSPS) is 17.8. The van der Waals surface area contributed by atoms with E-state index in [-0.39, 0.29) is 24.0 Å². The number of benzene rings is 1. The number of carbonyl (C=O) groups excluding carboxylic acids is 1. The van der Waals surface area contributed by atoms with Crippen LogP contribution in [0.25, 0.3) is 0 Å². The fourth-order valence-electron chi connectivity index (χ4n) is 2.36. The Labute approximate surface area is 120 Å². The highest BCUT2D eigenvalue weighted by atomic mass is 16.3. The van der Waals surface area contributed by atoms with Crippen LogP contribution in [0.15, 0.2) is 30.3 Å². The standard InChI is InChI=1S/C16H24N2O2/c1-3-18(2)14(13-7-5-4-6-8-13)15(20)17-11-16(12-19)9-10-16/h4-8,14,19H,3,9-12H2,1-2H3,(H,17,20). The van der Waals surface area contributed by atoms with Gasteiger partial charge in [0, 0.05) is 12.0 Å². The molecule has 4 nitrogen and oxygen atoms in total. The van der Waals surface area contributed by atoms with Crippen molar-refractivity contribution in [2.24, 2.45) is 5.41 Å². The Balaban J connectivity index is 2.05. The summed E-state index contributed by atoms with van der Waals surface area (Å²) in [6.45, 7) is 3.58. The van der Waals surface area contributed by atoms with Crippen molar-refractivity contribution in [3.63, 3.8) is 0 Å². The molecule has 110 valence electrons. The van der Waals surface area contributed by atoms with E-state index < -0.39 is 0 Å². The van der Waals surface area contributed by atoms with E-state index in [4.69, 9.17) is 0 Å². The van der Waals surface area contributed by atoms with Gasteiger partial charge in [0.25, 0.3) is 0 Å². The number of rotatable bonds is 7. The van der Waals surface area contributed by atoms with Crippen LogP contribution >= 0.6 is 0 Å². The molecular formula is C16H24N2O2. The van der Waals surface area contributed by atoms with E-state index in [1.165, 1.54) is 0 Å². The van der Waals surface area contributed by atoms with Gasteiger partial charge in [-0.05, 0) is 32.0 Å². The minimum Gasteiger partial charge on any atom is -0.396 e. The van der Waals surface area contributed by atoms with Gasteiger partial charge >= 0.3 is 0 Å². The number of nitrogens with zero attached hydrogens (tertiary/aromatic N) is 1. The maximum Gasteiger partial charge on any atom is 0.241 e. The second-order valence-electron chi connectivity index (χ2n) is 5.76. The maximum absolute atomic E-state index is 12.5. The number of nitrogens with one attached hydrogen (secondary N) is 1. The third-order valence-electron chi connectivity index (χ3n) is 4.23. The number of likely N-dealkylation sites (N-methyl/N-ethyl adjacent to an activating group) is 1. The van der Waals surface area contributed by atoms with Gasteiger partial charge in [-0.15, -0.1) is 0 Å². The summed E-state index contributed by atoms with van der Waals surface area (Å²) >= 11 is 0. The SMILES string of the molecule is CCN(C)C(C(=O)NCC1(CO)CC1)c1ccccc1. The Morgan fingerprint density at radius 3 is 2.55 bits per heavy atom. The van der Waals surface area contributed by atoms with Crippen molar-refractivity contribution in [3.8, 4) is 0 Å². The quantitative estimate of drug-likeness (QED) is 0.795. The summed E-state index contributed by atoms with van der Waals surface area (Å²) in [5.74, 6) is 0.0141. The largest absolute Gasteiger partial charge is 0.396 e. The molecule has 0 radical (unpaired) electrons. The lowest BCUT2D eigenvalue weighted by molar-refractivity contribution is -0.126. The maximum atomic E-state index is 12.5. The van der Waals surface area contributed by atoms with E-state index in [2.05, 4.69) is 5.32 Å². The molecule has 1 saturated carbocycles. The number of aliphatic hydroxyl groups excluding tert-OH is 1. The number of amides is 1. The van der Waals surface area contributed by atoms with Crippen LogP contribution in [0, 0.1) is 5.41 Å². The summed E-state index contributed by atoms with van der Waals surface area (Å²) in [4.78, 5) is 14.5. The lowest BCUT2D eigenvalue weighted by Crippen LogP contribution is -2.41. The van der Waals surface area contributed by atoms with Crippen molar-refractivity contribution in [1.29, 1.82) is 0 Å². The fraction of sp³-hybridized carbons (Fsp3) is 0.562. The van der Waals surface area contributed by atoms with Crippen molar-refractivity contribution >= 4 is 5.91 Å². The minimum atomic E-state index is -0.268. The molecule has 1 atom stereocenters. The van der Waals surface area contributed by atoms with Crippen LogP contribution in [0.4, 0.5) is 0 Å². The van der Waals surface area contributed by atoms with Gasteiger partial charge in [-0.25, -0.2) is 0 Å². The monoisotopic (exact) mass is 276 g/mol. The van der Waals surface area contributed by atoms with Gasteiger partial charge in [0.1, 0.15) is 6.04 Å². The Bertz CT molecular complexity index is 443. The molecule has 4 heteroatoms. The molecule has 1 aliphatic carbocycles. The average molecular weight is 276 g/mol. The summed E-state index contributed by atoms with van der Waals surface area (Å²) in [7, 11) is 1.95. The van der Waals surface area contributed by atoms with Crippen molar-refractivity contribution in [3.05, 3.63) is 35.9 Å². The molecule has 1 unspecified atom stereocenters. The molecule has 1 aliphatic rings. The summed E-state index contributed by atoms with van der Waals surface area (Å²) < 4.78 is 0. The van der Waals surface area contributed by atoms with Crippen molar-refractivity contribution in [1.82, 2.24) is 10.2 Å². The minimum absolute atomic E-state index is 0.0141. The van der Waals surface area contributed by atoms with Gasteiger partial charge in [-0.1, -0.05) is 37.3 Å². The Morgan fingerprint density at radius 1 is 1.40 bits per heavy atom. The third-order valence-corrected chi connectivity index (χ3v) is 4.23. The second kappa shape index (κ2) is 6.37. The lowest BCUT2D eigenvalue weighted by Gasteiger charge is -2.27. The highest BCUT2D eigenvalue weighted by Gasteiger charge is 2.42. The van der Waals surface area contributed by atoms with Gasteiger partial charge in [0.05, 0.1) is 6.61 Å². The molecule has 0 saturated heterocycles. The summed E-state index contributed by atoms with van der Waals surface area (Å²) in [5, 5.41) is 12.3. The fourth-order valence-corrected chi connectivity index (χ4v) is 2.36. The van der Waals surface area contributed by atoms with E-state index in [0.717, 1.165) is 24.9 Å². The van der Waals surface area contributed by atoms with E-state index in [1.807, 2.05) is 49.2 Å². The van der Waals surface area contributed by atoms with Gasteiger partial charge in [-0.3, -0.25) is 9.69 Å². The molecule has 1 aromatic rings. The smallest absolute Gasteiger partial charge is 0.241 e. The van der Waals surface area contributed by atoms with E-state index in [0.29, 0.717) is 6.54 Å². The lowest BCUT2D eigenvalue weighted by atomic mass is 10.0. The molecule has 2 rings (SSSR count). The van der Waals surface area contributed by atoms with Crippen molar-refractivity contribution in [2.75, 3.05) is 26.7 Å². The van der Waals surface area contributed by atoms with Crippen molar-refractivity contribution in [2.45, 2.75) is 25.8 Å². The predicted octanol–water partition coefficient (Wildman–Crippen LogP) is 1.57. The molecule has 1 amide bonds. The summed E-state index contributed by atoms with van der Waals surface area (Å²) in [6, 6.07) is 9.56. The second-order valence-corrected chi connectivity index (χ2v) is 5.76. The number of hydrogen-bond acceptors (Lipinski definition) is 3. The first-order valence-corrected chi connectivity index (χ1v) is 7.25. The average Bonchev–Trinajstić information content (AvgIpc) is 3.27. The van der Waals surface area contributed by atoms with Crippen LogP contribution in [-0.4, -0.2) is 42.7 Å². The van der Waals surface area contributed by atoms with E-state index in [1.54, 1.807) is 0 Å². The van der Waals surface area contributed by atoms with Crippen LogP contribution in [0.2, 0.25) is 0 Å². The zero-order chi connectivity index (χ0) is 14.6. The van der Waals surface area contributed by atoms with Gasteiger partial charge in [-0.2, -0.15) is 0 Å². The summed E-state index contributed by atoms with van der Waals surface area (Å²) in [6.07, 6.45) is 2.01. The Hall–Kier alpha value is -1.39. The molecule has 0 heterocycles. The first kappa shape index (κ1) is 15.0. The molecule has 1 fully saturated rings. The molecule has 20 heavy (non-hydrogen) atoms. The molecular weight excluding hydrogens is 252 g/mol. The van der Waals surface area contributed by atoms with Crippen LogP contribution < -0.4 is 5.32 Å². The first-order chi connectivity index (χ1) is 9.62. The highest BCUT2D eigenvalue weighted by molar-refractivity contribution is 5.83.